The second-order valence-corrected chi connectivity index (χ2v) is 9.42. The van der Waals surface area contributed by atoms with Crippen LogP contribution in [0.1, 0.15) is 41.7 Å². The van der Waals surface area contributed by atoms with Crippen LogP contribution in [0.15, 0.2) is 94.1 Å². The first-order valence-electron chi connectivity index (χ1n) is 11.1. The normalized spacial score (nSPS) is 14.6. The number of para-hydroxylation sites is 2. The van der Waals surface area contributed by atoms with E-state index in [4.69, 9.17) is 4.42 Å². The SMILES string of the molecule is CC(C)N(CC(=O)N1c2ccccc2-n2cccc2C1c1ccco1)C(=O)c1ccc(Br)cc1. The average molecular weight is 518 g/mol. The number of furan rings is 1. The van der Waals surface area contributed by atoms with Gasteiger partial charge in [-0.25, -0.2) is 0 Å². The van der Waals surface area contributed by atoms with Crippen molar-refractivity contribution in [2.24, 2.45) is 0 Å². The number of rotatable bonds is 5. The van der Waals surface area contributed by atoms with Crippen LogP contribution in [0.2, 0.25) is 0 Å². The number of carbonyl (C=O) groups excluding carboxylic acids is 2. The summed E-state index contributed by atoms with van der Waals surface area (Å²) in [4.78, 5) is 30.7. The van der Waals surface area contributed by atoms with Gasteiger partial charge in [0, 0.05) is 22.3 Å². The van der Waals surface area contributed by atoms with Crippen LogP contribution in [0.5, 0.6) is 0 Å². The molecule has 0 saturated heterocycles. The van der Waals surface area contributed by atoms with Crippen LogP contribution in [0.4, 0.5) is 5.69 Å². The number of amides is 2. The van der Waals surface area contributed by atoms with E-state index < -0.39 is 6.04 Å². The van der Waals surface area contributed by atoms with Crippen LogP contribution in [0, 0.1) is 0 Å². The second-order valence-electron chi connectivity index (χ2n) is 8.51. The summed E-state index contributed by atoms with van der Waals surface area (Å²) in [6.07, 6.45) is 3.60. The summed E-state index contributed by atoms with van der Waals surface area (Å²) in [5.74, 6) is 0.303. The van der Waals surface area contributed by atoms with E-state index in [1.165, 1.54) is 0 Å². The zero-order valence-electron chi connectivity index (χ0n) is 18.9. The molecule has 1 aliphatic rings. The summed E-state index contributed by atoms with van der Waals surface area (Å²) < 4.78 is 8.76. The van der Waals surface area contributed by atoms with Crippen molar-refractivity contribution in [1.82, 2.24) is 9.47 Å². The van der Waals surface area contributed by atoms with Crippen LogP contribution in [0.3, 0.4) is 0 Å². The fraction of sp³-hybridized carbons (Fsp3) is 0.185. The molecule has 0 spiro atoms. The summed E-state index contributed by atoms with van der Waals surface area (Å²) in [7, 11) is 0. The van der Waals surface area contributed by atoms with Crippen molar-refractivity contribution in [3.8, 4) is 5.69 Å². The smallest absolute Gasteiger partial charge is 0.254 e. The van der Waals surface area contributed by atoms with E-state index in [2.05, 4.69) is 20.5 Å². The molecule has 5 rings (SSSR count). The molecule has 4 aromatic rings. The molecule has 6 nitrogen and oxygen atoms in total. The summed E-state index contributed by atoms with van der Waals surface area (Å²) in [5.41, 5.74) is 3.16. The number of fused-ring (bicyclic) bond motifs is 3. The monoisotopic (exact) mass is 517 g/mol. The molecule has 7 heteroatoms. The maximum atomic E-state index is 14.0. The lowest BCUT2D eigenvalue weighted by atomic mass is 10.0. The van der Waals surface area contributed by atoms with Crippen LogP contribution < -0.4 is 4.90 Å². The number of hydrogen-bond acceptors (Lipinski definition) is 3. The molecule has 34 heavy (non-hydrogen) atoms. The van der Waals surface area contributed by atoms with Gasteiger partial charge >= 0.3 is 0 Å². The quantitative estimate of drug-likeness (QED) is 0.335. The van der Waals surface area contributed by atoms with Gasteiger partial charge in [0.15, 0.2) is 0 Å². The molecule has 0 radical (unpaired) electrons. The first kappa shape index (κ1) is 22.2. The van der Waals surface area contributed by atoms with Crippen molar-refractivity contribution in [2.75, 3.05) is 11.4 Å². The van der Waals surface area contributed by atoms with Gasteiger partial charge < -0.3 is 13.9 Å². The molecule has 2 amide bonds. The summed E-state index contributed by atoms with van der Waals surface area (Å²) in [6.45, 7) is 3.78. The molecular weight excluding hydrogens is 494 g/mol. The van der Waals surface area contributed by atoms with Crippen molar-refractivity contribution in [2.45, 2.75) is 25.9 Å². The summed E-state index contributed by atoms with van der Waals surface area (Å²) in [6, 6.07) is 22.0. The highest BCUT2D eigenvalue weighted by atomic mass is 79.9. The van der Waals surface area contributed by atoms with Gasteiger partial charge in [0.05, 0.1) is 23.3 Å². The predicted molar refractivity (Wildman–Crippen MR) is 134 cm³/mol. The Morgan fingerprint density at radius 1 is 0.971 bits per heavy atom. The van der Waals surface area contributed by atoms with E-state index >= 15 is 0 Å². The molecule has 1 unspecified atom stereocenters. The Balaban J connectivity index is 1.54. The van der Waals surface area contributed by atoms with E-state index in [1.54, 1.807) is 28.2 Å². The number of hydrogen-bond donors (Lipinski definition) is 0. The molecule has 0 fully saturated rings. The van der Waals surface area contributed by atoms with E-state index in [1.807, 2.05) is 80.7 Å². The van der Waals surface area contributed by atoms with Crippen molar-refractivity contribution in [3.05, 3.63) is 107 Å². The second kappa shape index (κ2) is 8.99. The van der Waals surface area contributed by atoms with E-state index in [9.17, 15) is 9.59 Å². The summed E-state index contributed by atoms with van der Waals surface area (Å²) >= 11 is 3.41. The van der Waals surface area contributed by atoms with Crippen molar-refractivity contribution >= 4 is 33.4 Å². The van der Waals surface area contributed by atoms with Crippen molar-refractivity contribution < 1.29 is 14.0 Å². The van der Waals surface area contributed by atoms with Crippen molar-refractivity contribution in [3.63, 3.8) is 0 Å². The van der Waals surface area contributed by atoms with Gasteiger partial charge in [-0.2, -0.15) is 0 Å². The first-order valence-corrected chi connectivity index (χ1v) is 11.9. The molecule has 0 bridgehead atoms. The third kappa shape index (κ3) is 3.86. The number of halogens is 1. The number of nitrogens with zero attached hydrogens (tertiary/aromatic N) is 3. The number of aromatic nitrogens is 1. The number of anilines is 1. The van der Waals surface area contributed by atoms with E-state index in [0.717, 1.165) is 21.5 Å². The number of benzene rings is 2. The highest BCUT2D eigenvalue weighted by Crippen LogP contribution is 2.42. The molecule has 0 saturated carbocycles. The minimum absolute atomic E-state index is 0.0567. The lowest BCUT2D eigenvalue weighted by Crippen LogP contribution is -2.48. The standard InChI is InChI=1S/C27H24BrN3O3/c1-18(2)30(27(33)19-11-13-20(28)14-12-19)17-25(32)31-22-8-4-3-7-21(22)29-15-5-9-23(29)26(31)24-10-6-16-34-24/h3-16,18,26H,17H2,1-2H3. The van der Waals surface area contributed by atoms with Crippen LogP contribution in [0.25, 0.3) is 5.69 Å². The van der Waals surface area contributed by atoms with E-state index in [-0.39, 0.29) is 24.4 Å². The number of carbonyl (C=O) groups is 2. The van der Waals surface area contributed by atoms with Gasteiger partial charge in [-0.1, -0.05) is 28.1 Å². The molecule has 2 aromatic heterocycles. The molecule has 1 aliphatic heterocycles. The van der Waals surface area contributed by atoms with Crippen LogP contribution in [-0.4, -0.2) is 33.9 Å². The minimum atomic E-state index is -0.441. The highest BCUT2D eigenvalue weighted by molar-refractivity contribution is 9.10. The van der Waals surface area contributed by atoms with Gasteiger partial charge in [-0.05, 0) is 74.5 Å². The fourth-order valence-corrected chi connectivity index (χ4v) is 4.71. The molecule has 0 N–H and O–H groups in total. The molecule has 2 aromatic carbocycles. The van der Waals surface area contributed by atoms with Crippen molar-refractivity contribution in [1.29, 1.82) is 0 Å². The first-order chi connectivity index (χ1) is 16.5. The molecular formula is C27H24BrN3O3. The van der Waals surface area contributed by atoms with Gasteiger partial charge in [0.2, 0.25) is 5.91 Å². The van der Waals surface area contributed by atoms with Gasteiger partial charge in [0.1, 0.15) is 18.3 Å². The Labute approximate surface area is 206 Å². The fourth-order valence-electron chi connectivity index (χ4n) is 4.45. The lowest BCUT2D eigenvalue weighted by Gasteiger charge is -2.38. The zero-order valence-corrected chi connectivity index (χ0v) is 20.5. The van der Waals surface area contributed by atoms with E-state index in [0.29, 0.717) is 11.3 Å². The predicted octanol–water partition coefficient (Wildman–Crippen LogP) is 5.82. The Morgan fingerprint density at radius 2 is 1.71 bits per heavy atom. The average Bonchev–Trinajstić information content (AvgIpc) is 3.54. The lowest BCUT2D eigenvalue weighted by molar-refractivity contribution is -0.120. The Morgan fingerprint density at radius 3 is 2.38 bits per heavy atom. The molecule has 172 valence electrons. The zero-order chi connectivity index (χ0) is 23.8. The molecule has 3 heterocycles. The van der Waals surface area contributed by atoms with Gasteiger partial charge in [-0.15, -0.1) is 0 Å². The Kier molecular flexibility index (Phi) is 5.87. The third-order valence-corrected chi connectivity index (χ3v) is 6.61. The summed E-state index contributed by atoms with van der Waals surface area (Å²) in [5, 5.41) is 0. The molecule has 1 atom stereocenters. The maximum Gasteiger partial charge on any atom is 0.254 e. The van der Waals surface area contributed by atoms with Gasteiger partial charge in [-0.3, -0.25) is 14.5 Å². The minimum Gasteiger partial charge on any atom is -0.467 e. The van der Waals surface area contributed by atoms with Crippen LogP contribution in [-0.2, 0) is 4.79 Å². The molecule has 0 aliphatic carbocycles. The third-order valence-electron chi connectivity index (χ3n) is 6.08. The Bertz CT molecular complexity index is 1330. The van der Waals surface area contributed by atoms with Crippen LogP contribution >= 0.6 is 15.9 Å². The highest BCUT2D eigenvalue weighted by Gasteiger charge is 2.38. The largest absolute Gasteiger partial charge is 0.467 e. The maximum absolute atomic E-state index is 14.0. The Hall–Kier alpha value is -3.58. The van der Waals surface area contributed by atoms with Gasteiger partial charge in [0.25, 0.3) is 5.91 Å². The topological polar surface area (TPSA) is 58.7 Å².